The molecule has 0 aliphatic carbocycles. The van der Waals surface area contributed by atoms with Gasteiger partial charge in [0.2, 0.25) is 0 Å². The molecule has 0 bridgehead atoms. The zero-order valence-electron chi connectivity index (χ0n) is 13.3. The molecular weight excluding hydrogens is 306 g/mol. The molecule has 0 saturated heterocycles. The first-order valence-corrected chi connectivity index (χ1v) is 7.84. The highest BCUT2D eigenvalue weighted by molar-refractivity contribution is 5.78. The third-order valence-corrected chi connectivity index (χ3v) is 4.12. The van der Waals surface area contributed by atoms with E-state index in [0.29, 0.717) is 18.8 Å². The fourth-order valence-electron chi connectivity index (χ4n) is 2.94. The molecule has 24 heavy (non-hydrogen) atoms. The van der Waals surface area contributed by atoms with Crippen molar-refractivity contribution in [2.75, 3.05) is 13.2 Å². The second-order valence-corrected chi connectivity index (χ2v) is 5.83. The minimum Gasteiger partial charge on any atom is -0.482 e. The Morgan fingerprint density at radius 2 is 2.29 bits per heavy atom. The summed E-state index contributed by atoms with van der Waals surface area (Å²) in [6.07, 6.45) is 5.86. The summed E-state index contributed by atoms with van der Waals surface area (Å²) in [7, 11) is 0. The number of nitrogens with zero attached hydrogens (tertiary/aromatic N) is 5. The van der Waals surface area contributed by atoms with Crippen molar-refractivity contribution in [1.29, 1.82) is 0 Å². The molecule has 0 aromatic carbocycles. The summed E-state index contributed by atoms with van der Waals surface area (Å²) in [4.78, 5) is 22.6. The van der Waals surface area contributed by atoms with Crippen LogP contribution in [-0.2, 0) is 17.8 Å². The molecule has 1 amide bonds. The number of carbonyl (C=O) groups excluding carboxylic acids is 1. The molecule has 0 saturated carbocycles. The van der Waals surface area contributed by atoms with Crippen LogP contribution in [0.5, 0.6) is 5.75 Å². The summed E-state index contributed by atoms with van der Waals surface area (Å²) < 4.78 is 7.38. The van der Waals surface area contributed by atoms with Gasteiger partial charge in [-0.25, -0.2) is 9.50 Å². The maximum atomic E-state index is 12.4. The van der Waals surface area contributed by atoms with E-state index >= 15 is 0 Å². The van der Waals surface area contributed by atoms with Crippen molar-refractivity contribution >= 4 is 11.6 Å². The Morgan fingerprint density at radius 1 is 1.38 bits per heavy atom. The zero-order valence-corrected chi connectivity index (χ0v) is 13.3. The van der Waals surface area contributed by atoms with Crippen LogP contribution >= 0.6 is 0 Å². The monoisotopic (exact) mass is 323 g/mol. The lowest BCUT2D eigenvalue weighted by Crippen LogP contribution is -2.39. The fourth-order valence-corrected chi connectivity index (χ4v) is 2.94. The van der Waals surface area contributed by atoms with E-state index in [1.54, 1.807) is 29.4 Å². The first-order valence-electron chi connectivity index (χ1n) is 7.84. The third kappa shape index (κ3) is 2.68. The number of ether oxygens (including phenoxy) is 1. The molecule has 1 aliphatic heterocycles. The minimum atomic E-state index is -0.0405. The summed E-state index contributed by atoms with van der Waals surface area (Å²) in [6, 6.07) is 5.52. The van der Waals surface area contributed by atoms with Crippen molar-refractivity contribution in [3.8, 4) is 5.75 Å². The molecule has 0 fully saturated rings. The highest BCUT2D eigenvalue weighted by Gasteiger charge is 2.23. The number of fused-ring (bicyclic) bond motifs is 3. The molecule has 0 radical (unpaired) electrons. The van der Waals surface area contributed by atoms with E-state index in [9.17, 15) is 4.79 Å². The maximum absolute atomic E-state index is 12.4. The fraction of sp³-hybridized carbons (Fsp3) is 0.294. The Balaban J connectivity index is 1.47. The van der Waals surface area contributed by atoms with Gasteiger partial charge in [0, 0.05) is 43.5 Å². The van der Waals surface area contributed by atoms with E-state index in [1.165, 1.54) is 0 Å². The van der Waals surface area contributed by atoms with Crippen molar-refractivity contribution in [3.05, 3.63) is 53.7 Å². The van der Waals surface area contributed by atoms with Gasteiger partial charge >= 0.3 is 0 Å². The van der Waals surface area contributed by atoms with Crippen LogP contribution in [0.4, 0.5) is 0 Å². The Labute approximate surface area is 138 Å². The van der Waals surface area contributed by atoms with Gasteiger partial charge in [-0.15, -0.1) is 0 Å². The summed E-state index contributed by atoms with van der Waals surface area (Å²) in [5.41, 5.74) is 3.96. The largest absolute Gasteiger partial charge is 0.482 e. The van der Waals surface area contributed by atoms with E-state index in [1.807, 2.05) is 23.7 Å². The number of aromatic nitrogens is 4. The standard InChI is InChI=1S/C17H17N5O2/c1-12-7-16-19-8-13-10-21(6-4-15(13)22(16)20-12)17(23)11-24-14-3-2-5-18-9-14/h2-3,5,7-9H,4,6,10-11H2,1H3. The topological polar surface area (TPSA) is 72.6 Å². The molecular formula is C17H17N5O2. The molecule has 0 unspecified atom stereocenters. The third-order valence-electron chi connectivity index (χ3n) is 4.12. The number of carbonyl (C=O) groups is 1. The van der Waals surface area contributed by atoms with Gasteiger partial charge in [0.1, 0.15) is 5.75 Å². The lowest BCUT2D eigenvalue weighted by atomic mass is 10.1. The molecule has 122 valence electrons. The van der Waals surface area contributed by atoms with Gasteiger partial charge < -0.3 is 9.64 Å². The summed E-state index contributed by atoms with van der Waals surface area (Å²) in [6.45, 7) is 3.15. The highest BCUT2D eigenvalue weighted by Crippen LogP contribution is 2.20. The summed E-state index contributed by atoms with van der Waals surface area (Å²) >= 11 is 0. The van der Waals surface area contributed by atoms with Crippen LogP contribution in [-0.4, -0.2) is 43.5 Å². The minimum absolute atomic E-state index is 0.0115. The first-order chi connectivity index (χ1) is 11.7. The van der Waals surface area contributed by atoms with Gasteiger partial charge in [0.05, 0.1) is 17.6 Å². The number of pyridine rings is 1. The molecule has 0 atom stereocenters. The molecule has 0 spiro atoms. The number of rotatable bonds is 3. The first kappa shape index (κ1) is 14.6. The zero-order chi connectivity index (χ0) is 16.5. The summed E-state index contributed by atoms with van der Waals surface area (Å²) in [5, 5.41) is 4.49. The van der Waals surface area contributed by atoms with Crippen LogP contribution in [0.1, 0.15) is 17.0 Å². The highest BCUT2D eigenvalue weighted by atomic mass is 16.5. The lowest BCUT2D eigenvalue weighted by Gasteiger charge is -2.28. The van der Waals surface area contributed by atoms with E-state index in [4.69, 9.17) is 4.74 Å². The molecule has 3 aromatic heterocycles. The van der Waals surface area contributed by atoms with E-state index < -0.39 is 0 Å². The Hall–Kier alpha value is -2.96. The predicted molar refractivity (Wildman–Crippen MR) is 86.6 cm³/mol. The van der Waals surface area contributed by atoms with Crippen LogP contribution in [0.15, 0.2) is 36.8 Å². The summed E-state index contributed by atoms with van der Waals surface area (Å²) in [5.74, 6) is 0.555. The molecule has 7 nitrogen and oxygen atoms in total. The normalized spacial score (nSPS) is 13.8. The lowest BCUT2D eigenvalue weighted by molar-refractivity contribution is -0.134. The predicted octanol–water partition coefficient (Wildman–Crippen LogP) is 1.40. The van der Waals surface area contributed by atoms with Gasteiger partial charge in [0.25, 0.3) is 5.91 Å². The molecule has 7 heteroatoms. The Morgan fingerprint density at radius 3 is 3.12 bits per heavy atom. The van der Waals surface area contributed by atoms with Crippen LogP contribution < -0.4 is 4.74 Å². The van der Waals surface area contributed by atoms with Crippen molar-refractivity contribution in [1.82, 2.24) is 24.5 Å². The van der Waals surface area contributed by atoms with E-state index in [0.717, 1.165) is 29.0 Å². The SMILES string of the molecule is Cc1cc2ncc3c(n2n1)CCN(C(=O)COc1cccnc1)C3. The van der Waals surface area contributed by atoms with E-state index in [-0.39, 0.29) is 12.5 Å². The number of amides is 1. The van der Waals surface area contributed by atoms with Crippen LogP contribution in [0.25, 0.3) is 5.65 Å². The second-order valence-electron chi connectivity index (χ2n) is 5.83. The van der Waals surface area contributed by atoms with Gasteiger partial charge in [0.15, 0.2) is 12.3 Å². The molecule has 1 aliphatic rings. The van der Waals surface area contributed by atoms with Crippen LogP contribution in [0, 0.1) is 6.92 Å². The smallest absolute Gasteiger partial charge is 0.260 e. The molecule has 0 N–H and O–H groups in total. The molecule has 4 rings (SSSR count). The van der Waals surface area contributed by atoms with Crippen molar-refractivity contribution in [2.45, 2.75) is 19.9 Å². The van der Waals surface area contributed by atoms with Gasteiger partial charge in [-0.2, -0.15) is 5.10 Å². The quantitative estimate of drug-likeness (QED) is 0.728. The van der Waals surface area contributed by atoms with Crippen molar-refractivity contribution < 1.29 is 9.53 Å². The molecule has 4 heterocycles. The molecule has 3 aromatic rings. The second kappa shape index (κ2) is 5.92. The van der Waals surface area contributed by atoms with E-state index in [2.05, 4.69) is 15.1 Å². The van der Waals surface area contributed by atoms with Crippen molar-refractivity contribution in [2.24, 2.45) is 0 Å². The Bertz CT molecular complexity index is 891. The average Bonchev–Trinajstić information content (AvgIpc) is 3.00. The average molecular weight is 323 g/mol. The van der Waals surface area contributed by atoms with Gasteiger partial charge in [-0.3, -0.25) is 9.78 Å². The van der Waals surface area contributed by atoms with Gasteiger partial charge in [-0.1, -0.05) is 0 Å². The Kier molecular flexibility index (Phi) is 3.60. The van der Waals surface area contributed by atoms with Gasteiger partial charge in [-0.05, 0) is 19.1 Å². The maximum Gasteiger partial charge on any atom is 0.260 e. The van der Waals surface area contributed by atoms with Crippen LogP contribution in [0.2, 0.25) is 0 Å². The van der Waals surface area contributed by atoms with Crippen LogP contribution in [0.3, 0.4) is 0 Å². The number of hydrogen-bond acceptors (Lipinski definition) is 5. The number of hydrogen-bond donors (Lipinski definition) is 0. The number of aryl methyl sites for hydroxylation is 1. The van der Waals surface area contributed by atoms with Crippen molar-refractivity contribution in [3.63, 3.8) is 0 Å².